The molecule has 6 fully saturated rings. The van der Waals surface area contributed by atoms with Gasteiger partial charge in [-0.15, -0.1) is 0 Å². The molecule has 2 saturated heterocycles. The number of alkyl carbamates (subject to hydrolysis) is 2. The third-order valence-corrected chi connectivity index (χ3v) is 28.0. The van der Waals surface area contributed by atoms with Crippen LogP contribution in [0.25, 0.3) is 0 Å². The molecule has 2 unspecified atom stereocenters. The van der Waals surface area contributed by atoms with E-state index in [1.54, 1.807) is 51.3 Å². The topological polar surface area (TPSA) is 374 Å². The van der Waals surface area contributed by atoms with Gasteiger partial charge in [-0.2, -0.15) is 0 Å². The summed E-state index contributed by atoms with van der Waals surface area (Å²) in [6.45, 7) is 20.1. The molecule has 14 rings (SSSR count). The van der Waals surface area contributed by atoms with E-state index in [1.807, 2.05) is 39.8 Å². The van der Waals surface area contributed by atoms with E-state index in [0.717, 1.165) is 78.3 Å². The van der Waals surface area contributed by atoms with E-state index < -0.39 is 148 Å². The van der Waals surface area contributed by atoms with Gasteiger partial charge in [0.15, 0.2) is 34.6 Å². The average molecular weight is 1570 g/mol. The fourth-order valence-corrected chi connectivity index (χ4v) is 20.2. The second-order valence-corrected chi connectivity index (χ2v) is 39.3. The van der Waals surface area contributed by atoms with Gasteiger partial charge in [-0.3, -0.25) is 48.0 Å². The van der Waals surface area contributed by atoms with Crippen LogP contribution in [0, 0.1) is 38.9 Å². The highest BCUT2D eigenvalue weighted by Crippen LogP contribution is 2.60. The molecule has 2 aromatic rings. The van der Waals surface area contributed by atoms with Crippen LogP contribution < -0.4 is 39.0 Å². The molecule has 110 heavy (non-hydrogen) atoms. The number of cyclic esters (lactones) is 2. The summed E-state index contributed by atoms with van der Waals surface area (Å²) in [4.78, 5) is 145. The van der Waals surface area contributed by atoms with E-state index in [2.05, 4.69) is 20.1 Å². The van der Waals surface area contributed by atoms with Crippen molar-refractivity contribution in [1.29, 1.82) is 0 Å². The number of ether oxygens (including phenoxy) is 8. The Hall–Kier alpha value is -8.16. The van der Waals surface area contributed by atoms with Crippen LogP contribution in [0.4, 0.5) is 19.2 Å². The van der Waals surface area contributed by atoms with Crippen LogP contribution in [0.1, 0.15) is 225 Å². The van der Waals surface area contributed by atoms with Crippen molar-refractivity contribution in [3.8, 4) is 23.0 Å². The first-order chi connectivity index (χ1) is 51.9. The minimum atomic E-state index is -3.85. The molecule has 4 aliphatic carbocycles. The molecule has 8 bridgehead atoms. The zero-order valence-corrected chi connectivity index (χ0v) is 66.6. The first-order valence-corrected chi connectivity index (χ1v) is 42.4. The van der Waals surface area contributed by atoms with Crippen LogP contribution in [0.3, 0.4) is 0 Å². The van der Waals surface area contributed by atoms with E-state index in [-0.39, 0.29) is 89.4 Å². The van der Waals surface area contributed by atoms with Gasteiger partial charge in [0.25, 0.3) is 0 Å². The summed E-state index contributed by atoms with van der Waals surface area (Å²) in [6, 6.07) is -0.575. The van der Waals surface area contributed by atoms with Crippen molar-refractivity contribution in [3.05, 3.63) is 45.5 Å². The SMILES string of the molecule is CC[C@H]1C[C@@]1(CC(=O)C1C[C@@H]2CN1C(=O)[C@H](C(C)(C)C)NC(=O)OCC(C)(C)CCCCc1c3c(cc4c1OCO4)CN(C3)C(=O)O2)C(=O)NS(=O)(=O)C1CC1.CC[C@H]1C[C@@]1(CC(=O)C1C[C@@H]2CN1C(=O)[C@H](C(C)(C)C)NC(=O)OCCCCCCc1c3c(cc4c1OCO4)CN(C3)C(=O)O2)C(=O)NS(=O)(=O)C1CC1. The summed E-state index contributed by atoms with van der Waals surface area (Å²) in [5.74, 6) is -1.08. The molecule has 32 heteroatoms. The normalized spacial score (nSPS) is 29.1. The van der Waals surface area contributed by atoms with Crippen molar-refractivity contribution < 1.29 is 103 Å². The molecule has 12 aliphatic rings. The van der Waals surface area contributed by atoms with Crippen LogP contribution in [0.5, 0.6) is 23.0 Å². The summed E-state index contributed by atoms with van der Waals surface area (Å²) in [5, 5.41) is 4.28. The maximum atomic E-state index is 14.6. The predicted molar refractivity (Wildman–Crippen MR) is 394 cm³/mol. The number of hydrogen-bond acceptors (Lipinski definition) is 22. The number of carbonyl (C=O) groups is 10. The Labute approximate surface area is 643 Å². The van der Waals surface area contributed by atoms with Crippen LogP contribution >= 0.6 is 0 Å². The standard InChI is InChI=1S/C40H56N4O11S.C38H52N4O11S/c1-7-24-16-40(24,35(47)42-56(50,51)26-11-12-26)17-30(45)29-15-25-19-44(29)34(46)33(38(2,3)4)41-36(48)52-21-39(5,6)13-9-8-10-27-28-20-43(37(49)55-25)18-23(28)14-31-32(27)54-22-53-31;1-5-23-16-38(23,34(45)40-54(48,49)25-11-12-25)17-29(43)28-15-24-19-42(28)33(44)32(37(2,3)4)39-35(46)50-13-9-7-6-8-10-26-27-20-41(36(47)53-24)18-22(27)14-30-31(26)52-21-51-30/h14,24-26,29,33H,7-13,15-22H2,1-6H3,(H,41,48)(H,42,47);14,23-25,28,32H,5-13,15-21H2,1-4H3,(H,39,46)(H,40,45)/t24-,25+,29?,33+,40-;23-,24+,28?,32+,38-/m00/s1. The number of rotatable bonds is 14. The van der Waals surface area contributed by atoms with Gasteiger partial charge in [0, 0.05) is 49.9 Å². The molecule has 8 aliphatic heterocycles. The van der Waals surface area contributed by atoms with Crippen molar-refractivity contribution in [2.24, 2.45) is 38.9 Å². The summed E-state index contributed by atoms with van der Waals surface area (Å²) in [7, 11) is -7.70. The molecule has 10 atom stereocenters. The van der Waals surface area contributed by atoms with E-state index in [4.69, 9.17) is 37.9 Å². The number of sulfonamides is 2. The number of nitrogens with one attached hydrogen (secondary N) is 4. The minimum absolute atomic E-state index is 0.0193. The van der Waals surface area contributed by atoms with Gasteiger partial charge in [0.05, 0.1) is 72.8 Å². The average Bonchev–Trinajstić information content (AvgIpc) is 1.58. The largest absolute Gasteiger partial charge is 0.454 e. The van der Waals surface area contributed by atoms with E-state index >= 15 is 0 Å². The number of carbonyl (C=O) groups excluding carboxylic acids is 10. The number of benzene rings is 2. The van der Waals surface area contributed by atoms with Crippen LogP contribution in [0.2, 0.25) is 0 Å². The second kappa shape index (κ2) is 30.7. The Kier molecular flexibility index (Phi) is 22.3. The number of Topliss-reactive ketones (excluding diaryl/α,β-unsaturated/α-hetero) is 2. The summed E-state index contributed by atoms with van der Waals surface area (Å²) >= 11 is 0. The zero-order valence-electron chi connectivity index (χ0n) is 64.9. The fourth-order valence-electron chi connectivity index (χ4n) is 17.4. The molecule has 0 aromatic heterocycles. The molecule has 0 radical (unpaired) electrons. The van der Waals surface area contributed by atoms with E-state index in [9.17, 15) is 64.8 Å². The fraction of sp³-hybridized carbons (Fsp3) is 0.718. The zero-order chi connectivity index (χ0) is 78.9. The lowest BCUT2D eigenvalue weighted by Crippen LogP contribution is -2.57. The quantitative estimate of drug-likeness (QED) is 0.128. The lowest BCUT2D eigenvalue weighted by atomic mass is 9.85. The Bertz CT molecular complexity index is 4260. The Balaban J connectivity index is 0.000000193. The molecule has 604 valence electrons. The van der Waals surface area contributed by atoms with Crippen LogP contribution in [-0.2, 0) is 107 Å². The van der Waals surface area contributed by atoms with Gasteiger partial charge in [-0.05, 0) is 140 Å². The molecular weight excluding hydrogens is 1470 g/mol. The Morgan fingerprint density at radius 3 is 1.36 bits per heavy atom. The lowest BCUT2D eigenvalue weighted by molar-refractivity contribution is -0.142. The van der Waals surface area contributed by atoms with Crippen molar-refractivity contribution in [2.45, 2.75) is 277 Å². The van der Waals surface area contributed by atoms with Gasteiger partial charge >= 0.3 is 24.4 Å². The van der Waals surface area contributed by atoms with Crippen molar-refractivity contribution in [2.75, 3.05) is 39.9 Å². The van der Waals surface area contributed by atoms with Gasteiger partial charge in [0.2, 0.25) is 57.3 Å². The van der Waals surface area contributed by atoms with Gasteiger partial charge in [0.1, 0.15) is 24.3 Å². The molecule has 8 heterocycles. The summed E-state index contributed by atoms with van der Waals surface area (Å²) < 4.78 is 102. The van der Waals surface area contributed by atoms with Gasteiger partial charge < -0.3 is 58.3 Å². The number of hydrogen-bond donors (Lipinski definition) is 4. The second-order valence-electron chi connectivity index (χ2n) is 35.4. The molecular formula is C78H108N8O22S2. The van der Waals surface area contributed by atoms with Crippen molar-refractivity contribution in [3.63, 3.8) is 0 Å². The predicted octanol–water partition coefficient (Wildman–Crippen LogP) is 8.79. The molecule has 30 nitrogen and oxygen atoms in total. The Morgan fingerprint density at radius 2 is 0.955 bits per heavy atom. The maximum absolute atomic E-state index is 14.6. The molecule has 4 N–H and O–H groups in total. The van der Waals surface area contributed by atoms with Crippen LogP contribution in [-0.4, -0.2) is 183 Å². The highest BCUT2D eigenvalue weighted by atomic mass is 32.2. The van der Waals surface area contributed by atoms with Gasteiger partial charge in [-0.1, -0.05) is 101 Å². The minimum Gasteiger partial charge on any atom is -0.454 e. The summed E-state index contributed by atoms with van der Waals surface area (Å²) in [6.07, 6.45) is 5.73. The summed E-state index contributed by atoms with van der Waals surface area (Å²) in [5.41, 5.74) is 1.44. The number of amides is 8. The van der Waals surface area contributed by atoms with Crippen molar-refractivity contribution >= 4 is 79.6 Å². The van der Waals surface area contributed by atoms with Gasteiger partial charge in [-0.25, -0.2) is 36.0 Å². The molecule has 8 amide bonds. The number of fused-ring (bicyclic) bond motifs is 10. The monoisotopic (exact) mass is 1570 g/mol. The van der Waals surface area contributed by atoms with E-state index in [1.165, 1.54) is 9.80 Å². The number of ketones is 2. The van der Waals surface area contributed by atoms with Crippen LogP contribution in [0.15, 0.2) is 12.1 Å². The molecule has 4 saturated carbocycles. The third kappa shape index (κ3) is 17.0. The van der Waals surface area contributed by atoms with Crippen molar-refractivity contribution in [1.82, 2.24) is 39.7 Å². The highest BCUT2D eigenvalue weighted by Gasteiger charge is 2.64. The molecule has 2 aromatic carbocycles. The third-order valence-electron chi connectivity index (χ3n) is 24.4. The molecule has 0 spiro atoms. The Morgan fingerprint density at radius 1 is 0.536 bits per heavy atom. The maximum Gasteiger partial charge on any atom is 0.410 e. The van der Waals surface area contributed by atoms with E-state index in [0.29, 0.717) is 107 Å². The lowest BCUT2D eigenvalue weighted by Gasteiger charge is -2.35. The first kappa shape index (κ1) is 79.9. The highest BCUT2D eigenvalue weighted by molar-refractivity contribution is 7.91. The smallest absolute Gasteiger partial charge is 0.410 e. The first-order valence-electron chi connectivity index (χ1n) is 39.4. The number of nitrogens with zero attached hydrogens (tertiary/aromatic N) is 4.